The first kappa shape index (κ1) is 16.6. The van der Waals surface area contributed by atoms with Gasteiger partial charge < -0.3 is 15.2 Å². The molecule has 0 unspecified atom stereocenters. The van der Waals surface area contributed by atoms with Gasteiger partial charge in [-0.1, -0.05) is 0 Å². The molecule has 2 rings (SSSR count). The van der Waals surface area contributed by atoms with E-state index in [1.54, 1.807) is 0 Å². The van der Waals surface area contributed by atoms with Gasteiger partial charge in [0.05, 0.1) is 29.5 Å². The number of esters is 1. The molecule has 0 aromatic heterocycles. The molecule has 1 amide bonds. The van der Waals surface area contributed by atoms with Gasteiger partial charge in [-0.2, -0.15) is 13.2 Å². The minimum Gasteiger partial charge on any atom is -0.463 e. The van der Waals surface area contributed by atoms with E-state index < -0.39 is 28.9 Å². The topological polar surface area (TPSA) is 75.6 Å². The first-order valence-corrected chi connectivity index (χ1v) is 7.14. The number of aliphatic hydroxyl groups excluding tert-OH is 1. The normalized spacial score (nSPS) is 17.6. The quantitative estimate of drug-likeness (QED) is 0.824. The summed E-state index contributed by atoms with van der Waals surface area (Å²) in [4.78, 5) is 23.7. The fourth-order valence-corrected chi connectivity index (χ4v) is 2.91. The largest absolute Gasteiger partial charge is 0.463 e. The van der Waals surface area contributed by atoms with Crippen LogP contribution in [-0.4, -0.2) is 35.4 Å². The molecule has 120 valence electrons. The lowest BCUT2D eigenvalue weighted by Gasteiger charge is -2.24. The van der Waals surface area contributed by atoms with Crippen LogP contribution in [0.2, 0.25) is 0 Å². The molecule has 0 fully saturated rings. The van der Waals surface area contributed by atoms with Gasteiger partial charge in [0.25, 0.3) is 0 Å². The summed E-state index contributed by atoms with van der Waals surface area (Å²) in [6.07, 6.45) is -4.72. The Balaban J connectivity index is 2.10. The van der Waals surface area contributed by atoms with Crippen LogP contribution in [0, 0.1) is 0 Å². The highest BCUT2D eigenvalue weighted by Gasteiger charge is 2.34. The summed E-state index contributed by atoms with van der Waals surface area (Å²) in [5.41, 5.74) is -0.780. The number of rotatable bonds is 4. The molecule has 22 heavy (non-hydrogen) atoms. The molecular formula is C13H12F3NO4S. The average molecular weight is 335 g/mol. The molecule has 0 radical (unpaired) electrons. The summed E-state index contributed by atoms with van der Waals surface area (Å²) in [6.45, 7) is -0.484. The maximum atomic E-state index is 12.6. The van der Waals surface area contributed by atoms with Crippen LogP contribution < -0.4 is 5.32 Å². The van der Waals surface area contributed by atoms with Crippen LogP contribution in [0.25, 0.3) is 0 Å². The lowest BCUT2D eigenvalue weighted by atomic mass is 10.1. The van der Waals surface area contributed by atoms with Crippen molar-refractivity contribution >= 4 is 29.3 Å². The van der Waals surface area contributed by atoms with Crippen molar-refractivity contribution in [1.29, 1.82) is 0 Å². The fourth-order valence-electron chi connectivity index (χ4n) is 1.83. The molecule has 2 N–H and O–H groups in total. The Bertz CT molecular complexity index is 591. The number of benzene rings is 1. The van der Waals surface area contributed by atoms with Crippen molar-refractivity contribution in [3.05, 3.63) is 23.8 Å². The number of fused-ring (bicyclic) bond motifs is 1. The molecule has 5 nitrogen and oxygen atoms in total. The molecule has 1 aromatic rings. The van der Waals surface area contributed by atoms with Crippen LogP contribution >= 0.6 is 11.8 Å². The number of hydrogen-bond acceptors (Lipinski definition) is 5. The zero-order valence-corrected chi connectivity index (χ0v) is 12.0. The predicted molar refractivity (Wildman–Crippen MR) is 72.4 cm³/mol. The highest BCUT2D eigenvalue weighted by atomic mass is 32.2. The van der Waals surface area contributed by atoms with Crippen molar-refractivity contribution in [3.63, 3.8) is 0 Å². The van der Waals surface area contributed by atoms with Gasteiger partial charge in [-0.25, -0.2) is 0 Å². The van der Waals surface area contributed by atoms with E-state index >= 15 is 0 Å². The van der Waals surface area contributed by atoms with Crippen molar-refractivity contribution in [2.45, 2.75) is 22.7 Å². The Hall–Kier alpha value is -1.74. The number of carbonyl (C=O) groups excluding carboxylic acids is 2. The van der Waals surface area contributed by atoms with Gasteiger partial charge in [0.1, 0.15) is 6.61 Å². The van der Waals surface area contributed by atoms with Gasteiger partial charge in [-0.05, 0) is 18.2 Å². The number of ether oxygens (including phenoxy) is 1. The highest BCUT2D eigenvalue weighted by molar-refractivity contribution is 8.01. The van der Waals surface area contributed by atoms with Gasteiger partial charge in [-0.3, -0.25) is 9.59 Å². The van der Waals surface area contributed by atoms with Gasteiger partial charge in [0, 0.05) is 4.90 Å². The van der Waals surface area contributed by atoms with E-state index in [2.05, 4.69) is 10.1 Å². The lowest BCUT2D eigenvalue weighted by molar-refractivity contribution is -0.145. The minimum absolute atomic E-state index is 0.0739. The van der Waals surface area contributed by atoms with E-state index in [0.29, 0.717) is 4.90 Å². The molecule has 0 saturated heterocycles. The Kier molecular flexibility index (Phi) is 4.97. The smallest absolute Gasteiger partial charge is 0.416 e. The molecule has 1 atom stereocenters. The van der Waals surface area contributed by atoms with Gasteiger partial charge in [0.15, 0.2) is 0 Å². The van der Waals surface area contributed by atoms with Crippen molar-refractivity contribution < 1.29 is 32.6 Å². The van der Waals surface area contributed by atoms with Crippen LogP contribution in [0.5, 0.6) is 0 Å². The van der Waals surface area contributed by atoms with E-state index in [4.69, 9.17) is 5.11 Å². The van der Waals surface area contributed by atoms with Gasteiger partial charge >= 0.3 is 12.1 Å². The van der Waals surface area contributed by atoms with Crippen LogP contribution in [0.1, 0.15) is 12.0 Å². The molecule has 0 aliphatic carbocycles. The second kappa shape index (κ2) is 6.57. The minimum atomic E-state index is -4.49. The molecule has 0 spiro atoms. The Morgan fingerprint density at radius 1 is 1.41 bits per heavy atom. The predicted octanol–water partition coefficient (Wildman–Crippen LogP) is 2.04. The first-order chi connectivity index (χ1) is 10.3. The number of halogens is 3. The van der Waals surface area contributed by atoms with E-state index in [-0.39, 0.29) is 25.3 Å². The Labute approximate surface area is 127 Å². The second-order valence-corrected chi connectivity index (χ2v) is 5.70. The third kappa shape index (κ3) is 3.92. The third-order valence-electron chi connectivity index (χ3n) is 2.83. The molecule has 1 aliphatic heterocycles. The lowest BCUT2D eigenvalue weighted by Crippen LogP contribution is -2.31. The van der Waals surface area contributed by atoms with Gasteiger partial charge in [-0.15, -0.1) is 11.8 Å². The SMILES string of the molecule is O=C(C[C@@H]1Sc2ccc(C(F)(F)F)cc2NC1=O)OCCO. The Morgan fingerprint density at radius 2 is 2.14 bits per heavy atom. The number of amides is 1. The van der Waals surface area contributed by atoms with Crippen molar-refractivity contribution in [2.24, 2.45) is 0 Å². The summed E-state index contributed by atoms with van der Waals surface area (Å²) in [7, 11) is 0. The maximum Gasteiger partial charge on any atom is 0.416 e. The third-order valence-corrected chi connectivity index (χ3v) is 4.11. The van der Waals surface area contributed by atoms with Crippen molar-refractivity contribution in [3.8, 4) is 0 Å². The molecule has 0 bridgehead atoms. The van der Waals surface area contributed by atoms with Crippen LogP contribution in [-0.2, 0) is 20.5 Å². The summed E-state index contributed by atoms with van der Waals surface area (Å²) in [6, 6.07) is 3.04. The fraction of sp³-hybridized carbons (Fsp3) is 0.385. The zero-order valence-electron chi connectivity index (χ0n) is 11.1. The molecule has 0 saturated carbocycles. The summed E-state index contributed by atoms with van der Waals surface area (Å²) >= 11 is 1.00. The number of aliphatic hydroxyl groups is 1. The van der Waals surface area contributed by atoms with E-state index in [9.17, 15) is 22.8 Å². The first-order valence-electron chi connectivity index (χ1n) is 6.26. The second-order valence-electron chi connectivity index (χ2n) is 4.45. The van der Waals surface area contributed by atoms with Crippen LogP contribution in [0.4, 0.5) is 18.9 Å². The van der Waals surface area contributed by atoms with E-state index in [1.807, 2.05) is 0 Å². The molecular weight excluding hydrogens is 323 g/mol. The number of carbonyl (C=O) groups is 2. The highest BCUT2D eigenvalue weighted by Crippen LogP contribution is 2.40. The number of nitrogens with one attached hydrogen (secondary N) is 1. The van der Waals surface area contributed by atoms with Crippen molar-refractivity contribution in [1.82, 2.24) is 0 Å². The number of thioether (sulfide) groups is 1. The van der Waals surface area contributed by atoms with E-state index in [0.717, 1.165) is 23.9 Å². The number of hydrogen-bond donors (Lipinski definition) is 2. The average Bonchev–Trinajstić information content (AvgIpc) is 2.44. The summed E-state index contributed by atoms with van der Waals surface area (Å²) in [5, 5.41) is 10.1. The summed E-state index contributed by atoms with van der Waals surface area (Å²) in [5.74, 6) is -1.21. The van der Waals surface area contributed by atoms with Gasteiger partial charge in [0.2, 0.25) is 5.91 Å². The summed E-state index contributed by atoms with van der Waals surface area (Å²) < 4.78 is 42.5. The molecule has 1 aromatic carbocycles. The standard InChI is InChI=1S/C13H12F3NO4S/c14-13(15,16)7-1-2-9-8(5-7)17-12(20)10(22-9)6-11(19)21-4-3-18/h1-2,5,10,18H,3-4,6H2,(H,17,20)/t10-/m0/s1. The monoisotopic (exact) mass is 335 g/mol. The van der Waals surface area contributed by atoms with E-state index in [1.165, 1.54) is 6.07 Å². The van der Waals surface area contributed by atoms with Crippen molar-refractivity contribution in [2.75, 3.05) is 18.5 Å². The molecule has 1 heterocycles. The number of anilines is 1. The number of alkyl halides is 3. The molecule has 9 heteroatoms. The molecule has 1 aliphatic rings. The van der Waals surface area contributed by atoms with Crippen LogP contribution in [0.15, 0.2) is 23.1 Å². The maximum absolute atomic E-state index is 12.6. The van der Waals surface area contributed by atoms with Crippen LogP contribution in [0.3, 0.4) is 0 Å². The zero-order chi connectivity index (χ0) is 16.3. The Morgan fingerprint density at radius 3 is 2.77 bits per heavy atom.